The van der Waals surface area contributed by atoms with E-state index >= 15 is 0 Å². The third kappa shape index (κ3) is 6.33. The highest BCUT2D eigenvalue weighted by molar-refractivity contribution is 7.99. The second kappa shape index (κ2) is 10.5. The van der Waals surface area contributed by atoms with E-state index in [1.54, 1.807) is 38.5 Å². The Morgan fingerprint density at radius 3 is 2.28 bits per heavy atom. The van der Waals surface area contributed by atoms with E-state index in [2.05, 4.69) is 5.32 Å². The molecule has 2 aromatic carbocycles. The Labute approximate surface area is 174 Å². The molecule has 2 rings (SSSR count). The summed E-state index contributed by atoms with van der Waals surface area (Å²) in [5.41, 5.74) is 2.70. The largest absolute Gasteiger partial charge is 0.493 e. The summed E-state index contributed by atoms with van der Waals surface area (Å²) in [5, 5.41) is 2.84. The minimum atomic E-state index is -2.47. The van der Waals surface area contributed by atoms with E-state index in [1.807, 2.05) is 33.0 Å². The number of aryl methyl sites for hydroxylation is 1. The van der Waals surface area contributed by atoms with Crippen LogP contribution >= 0.6 is 11.8 Å². The Kier molecular flexibility index (Phi) is 8.28. The van der Waals surface area contributed by atoms with Crippen molar-refractivity contribution >= 4 is 23.4 Å². The first-order valence-electron chi connectivity index (χ1n) is 9.14. The van der Waals surface area contributed by atoms with E-state index in [0.717, 1.165) is 16.0 Å². The Morgan fingerprint density at radius 1 is 1.14 bits per heavy atom. The highest BCUT2D eigenvalue weighted by atomic mass is 32.2. The maximum absolute atomic E-state index is 12.6. The van der Waals surface area contributed by atoms with E-state index in [-0.39, 0.29) is 11.9 Å². The molecular formula is C21H27F2N2O3S+. The van der Waals surface area contributed by atoms with E-state index < -0.39 is 5.76 Å². The standard InChI is InChI=1S/C21H26F2N2O3S/c1-13-10-18(27-4)19(28-5)11-15(13)12-25(3)14(2)20(26)24-16-6-8-17(9-7-16)29-21(22)23/h6-11,14,21H,12H2,1-5H3,(H,24,26)/p+1/t14-/m0/s1. The molecule has 0 saturated carbocycles. The fourth-order valence-corrected chi connectivity index (χ4v) is 3.36. The minimum Gasteiger partial charge on any atom is -0.493 e. The lowest BCUT2D eigenvalue weighted by Gasteiger charge is -2.22. The molecule has 0 saturated heterocycles. The Morgan fingerprint density at radius 2 is 1.72 bits per heavy atom. The summed E-state index contributed by atoms with van der Waals surface area (Å²) in [5.74, 6) is -1.28. The number of benzene rings is 2. The summed E-state index contributed by atoms with van der Waals surface area (Å²) in [4.78, 5) is 14.1. The van der Waals surface area contributed by atoms with Crippen LogP contribution < -0.4 is 19.7 Å². The number of methoxy groups -OCH3 is 2. The van der Waals surface area contributed by atoms with E-state index in [0.29, 0.717) is 40.4 Å². The third-order valence-electron chi connectivity index (χ3n) is 4.79. The van der Waals surface area contributed by atoms with Crippen molar-refractivity contribution in [3.63, 3.8) is 0 Å². The van der Waals surface area contributed by atoms with Crippen molar-refractivity contribution in [1.82, 2.24) is 0 Å². The SMILES string of the molecule is COc1cc(C)c(C[NH+](C)[C@@H](C)C(=O)Nc2ccc(SC(F)F)cc2)cc1OC. The van der Waals surface area contributed by atoms with Crippen molar-refractivity contribution in [2.45, 2.75) is 37.1 Å². The molecular weight excluding hydrogens is 398 g/mol. The number of amides is 1. The third-order valence-corrected chi connectivity index (χ3v) is 5.51. The van der Waals surface area contributed by atoms with Gasteiger partial charge in [0.05, 0.1) is 21.3 Å². The fraction of sp³-hybridized carbons (Fsp3) is 0.381. The molecule has 2 atom stereocenters. The highest BCUT2D eigenvalue weighted by Crippen LogP contribution is 2.30. The first-order valence-corrected chi connectivity index (χ1v) is 10.0. The minimum absolute atomic E-state index is 0.144. The summed E-state index contributed by atoms with van der Waals surface area (Å²) >= 11 is 0.476. The van der Waals surface area contributed by atoms with Gasteiger partial charge in [0.2, 0.25) is 0 Å². The van der Waals surface area contributed by atoms with Crippen LogP contribution in [0.3, 0.4) is 0 Å². The molecule has 0 aromatic heterocycles. The monoisotopic (exact) mass is 425 g/mol. The summed E-state index contributed by atoms with van der Waals surface area (Å²) in [7, 11) is 5.14. The average molecular weight is 426 g/mol. The normalized spacial score (nSPS) is 13.1. The molecule has 2 N–H and O–H groups in total. The number of hydrogen-bond acceptors (Lipinski definition) is 4. The number of thioether (sulfide) groups is 1. The molecule has 0 heterocycles. The van der Waals surface area contributed by atoms with E-state index in [9.17, 15) is 13.6 Å². The van der Waals surface area contributed by atoms with Crippen molar-refractivity contribution in [1.29, 1.82) is 0 Å². The van der Waals surface area contributed by atoms with Crippen LogP contribution in [0.5, 0.6) is 11.5 Å². The van der Waals surface area contributed by atoms with Crippen LogP contribution in [0.4, 0.5) is 14.5 Å². The smallest absolute Gasteiger partial charge is 0.288 e. The van der Waals surface area contributed by atoms with Crippen LogP contribution in [0.15, 0.2) is 41.3 Å². The highest BCUT2D eigenvalue weighted by Gasteiger charge is 2.23. The molecule has 0 aliphatic heterocycles. The molecule has 158 valence electrons. The van der Waals surface area contributed by atoms with E-state index in [4.69, 9.17) is 9.47 Å². The summed E-state index contributed by atoms with van der Waals surface area (Å²) in [6, 6.07) is 9.93. The van der Waals surface area contributed by atoms with Crippen LogP contribution in [0, 0.1) is 6.92 Å². The molecule has 0 spiro atoms. The zero-order valence-corrected chi connectivity index (χ0v) is 18.0. The molecule has 0 aliphatic rings. The Balaban J connectivity index is 2.02. The van der Waals surface area contributed by atoms with Gasteiger partial charge in [0.1, 0.15) is 6.54 Å². The van der Waals surface area contributed by atoms with Crippen molar-refractivity contribution < 1.29 is 27.9 Å². The van der Waals surface area contributed by atoms with Crippen LogP contribution in [-0.4, -0.2) is 39.0 Å². The lowest BCUT2D eigenvalue weighted by atomic mass is 10.1. The number of carbonyl (C=O) groups is 1. The second-order valence-electron chi connectivity index (χ2n) is 6.77. The van der Waals surface area contributed by atoms with Gasteiger partial charge in [0, 0.05) is 16.1 Å². The Hall–Kier alpha value is -2.32. The molecule has 0 bridgehead atoms. The maximum Gasteiger partial charge on any atom is 0.288 e. The number of likely N-dealkylation sites (N-methyl/N-ethyl adjacent to an activating group) is 1. The van der Waals surface area contributed by atoms with Crippen LogP contribution in [0.2, 0.25) is 0 Å². The summed E-state index contributed by atoms with van der Waals surface area (Å²) < 4.78 is 35.5. The van der Waals surface area contributed by atoms with Gasteiger partial charge in [0.15, 0.2) is 17.5 Å². The molecule has 8 heteroatoms. The predicted octanol–water partition coefficient (Wildman–Crippen LogP) is 3.37. The number of ether oxygens (including phenoxy) is 2. The van der Waals surface area contributed by atoms with E-state index in [1.165, 1.54) is 0 Å². The van der Waals surface area contributed by atoms with Gasteiger partial charge in [-0.15, -0.1) is 0 Å². The molecule has 5 nitrogen and oxygen atoms in total. The summed E-state index contributed by atoms with van der Waals surface area (Å²) in [6.07, 6.45) is 0. The number of carbonyl (C=O) groups excluding carboxylic acids is 1. The molecule has 1 amide bonds. The van der Waals surface area contributed by atoms with Crippen molar-refractivity contribution in [2.24, 2.45) is 0 Å². The number of nitrogens with one attached hydrogen (secondary N) is 2. The fourth-order valence-electron chi connectivity index (χ4n) is 2.86. The molecule has 2 aromatic rings. The molecule has 0 aliphatic carbocycles. The quantitative estimate of drug-likeness (QED) is 0.605. The first-order chi connectivity index (χ1) is 13.7. The van der Waals surface area contributed by atoms with Crippen LogP contribution in [-0.2, 0) is 11.3 Å². The topological polar surface area (TPSA) is 52.0 Å². The van der Waals surface area contributed by atoms with Gasteiger partial charge in [-0.2, -0.15) is 8.78 Å². The Bertz CT molecular complexity index is 831. The van der Waals surface area contributed by atoms with Gasteiger partial charge in [0.25, 0.3) is 11.7 Å². The van der Waals surface area contributed by atoms with Gasteiger partial charge < -0.3 is 19.7 Å². The van der Waals surface area contributed by atoms with Crippen LogP contribution in [0.25, 0.3) is 0 Å². The number of rotatable bonds is 9. The predicted molar refractivity (Wildman–Crippen MR) is 111 cm³/mol. The van der Waals surface area contributed by atoms with Gasteiger partial charge in [-0.05, 0) is 55.8 Å². The van der Waals surface area contributed by atoms with Crippen molar-refractivity contribution in [2.75, 3.05) is 26.6 Å². The zero-order chi connectivity index (χ0) is 21.6. The number of hydrogen-bond donors (Lipinski definition) is 2. The van der Waals surface area contributed by atoms with Gasteiger partial charge in [-0.1, -0.05) is 11.8 Å². The number of halogens is 2. The van der Waals surface area contributed by atoms with Crippen molar-refractivity contribution in [3.8, 4) is 11.5 Å². The van der Waals surface area contributed by atoms with Gasteiger partial charge in [-0.3, -0.25) is 4.79 Å². The van der Waals surface area contributed by atoms with Crippen LogP contribution in [0.1, 0.15) is 18.1 Å². The summed E-state index contributed by atoms with van der Waals surface area (Å²) in [6.45, 7) is 4.47. The molecule has 0 radical (unpaired) electrons. The number of anilines is 1. The molecule has 29 heavy (non-hydrogen) atoms. The maximum atomic E-state index is 12.6. The number of quaternary nitrogens is 1. The van der Waals surface area contributed by atoms with Gasteiger partial charge >= 0.3 is 0 Å². The number of alkyl halides is 2. The van der Waals surface area contributed by atoms with Crippen molar-refractivity contribution in [3.05, 3.63) is 47.5 Å². The second-order valence-corrected chi connectivity index (χ2v) is 7.83. The lowest BCUT2D eigenvalue weighted by molar-refractivity contribution is -0.907. The first kappa shape index (κ1) is 23.0. The lowest BCUT2D eigenvalue weighted by Crippen LogP contribution is -3.12. The molecule has 0 fully saturated rings. The average Bonchev–Trinajstić information content (AvgIpc) is 2.69. The zero-order valence-electron chi connectivity index (χ0n) is 17.2. The van der Waals surface area contributed by atoms with Gasteiger partial charge in [-0.25, -0.2) is 0 Å². The molecule has 1 unspecified atom stereocenters.